The molecule has 5 nitrogen and oxygen atoms in total. The van der Waals surface area contributed by atoms with Gasteiger partial charge in [0.25, 0.3) is 5.91 Å². The zero-order chi connectivity index (χ0) is 19.1. The van der Waals surface area contributed by atoms with E-state index in [0.717, 1.165) is 12.2 Å². The van der Waals surface area contributed by atoms with Gasteiger partial charge in [0.1, 0.15) is 11.5 Å². The lowest BCUT2D eigenvalue weighted by atomic mass is 10.1. The number of carbonyl (C=O) groups is 1. The lowest BCUT2D eigenvalue weighted by molar-refractivity contribution is 0.102. The number of likely N-dealkylation sites (tertiary alicyclic amines) is 1. The highest BCUT2D eigenvalue weighted by Gasteiger charge is 2.13. The molecule has 1 heterocycles. The Bertz CT molecular complexity index is 728. The summed E-state index contributed by atoms with van der Waals surface area (Å²) in [4.78, 5) is 15.1. The summed E-state index contributed by atoms with van der Waals surface area (Å²) in [5, 5.41) is 2.95. The number of nitrogens with zero attached hydrogens (tertiary/aromatic N) is 1. The Balaban J connectivity index is 1.66. The summed E-state index contributed by atoms with van der Waals surface area (Å²) in [5.41, 5.74) is 2.57. The van der Waals surface area contributed by atoms with Crippen molar-refractivity contribution in [2.24, 2.45) is 0 Å². The third-order valence-corrected chi connectivity index (χ3v) is 4.58. The fourth-order valence-corrected chi connectivity index (χ4v) is 3.30. The molecule has 0 spiro atoms. The van der Waals surface area contributed by atoms with Crippen LogP contribution in [-0.2, 0) is 6.54 Å². The number of hydrogen-bond donors (Lipinski definition) is 1. The molecular formula is C22H28N2O3. The molecule has 1 aliphatic rings. The number of carbonyl (C=O) groups excluding carboxylic acids is 1. The van der Waals surface area contributed by atoms with E-state index in [1.54, 1.807) is 18.2 Å². The normalized spacial score (nSPS) is 14.1. The Morgan fingerprint density at radius 3 is 2.11 bits per heavy atom. The van der Waals surface area contributed by atoms with Gasteiger partial charge in [-0.25, -0.2) is 0 Å². The minimum absolute atomic E-state index is 0.176. The van der Waals surface area contributed by atoms with Crippen LogP contribution in [0.15, 0.2) is 42.5 Å². The van der Waals surface area contributed by atoms with E-state index in [9.17, 15) is 4.79 Å². The van der Waals surface area contributed by atoms with Crippen LogP contribution in [-0.4, -0.2) is 37.1 Å². The first-order valence-electron chi connectivity index (χ1n) is 9.71. The summed E-state index contributed by atoms with van der Waals surface area (Å²) in [6.45, 7) is 8.23. The van der Waals surface area contributed by atoms with Crippen LogP contribution in [0.5, 0.6) is 11.5 Å². The molecule has 0 aromatic heterocycles. The van der Waals surface area contributed by atoms with Crippen molar-refractivity contribution in [2.75, 3.05) is 31.6 Å². The second kappa shape index (κ2) is 9.42. The molecule has 0 atom stereocenters. The molecule has 2 aromatic rings. The van der Waals surface area contributed by atoms with Crippen molar-refractivity contribution in [3.63, 3.8) is 0 Å². The first-order valence-corrected chi connectivity index (χ1v) is 9.71. The van der Waals surface area contributed by atoms with Crippen LogP contribution >= 0.6 is 0 Å². The minimum Gasteiger partial charge on any atom is -0.494 e. The van der Waals surface area contributed by atoms with E-state index >= 15 is 0 Å². The number of anilines is 1. The maximum absolute atomic E-state index is 12.7. The summed E-state index contributed by atoms with van der Waals surface area (Å²) in [6, 6.07) is 13.4. The molecule has 1 aliphatic heterocycles. The second-order valence-corrected chi connectivity index (χ2v) is 6.69. The predicted molar refractivity (Wildman–Crippen MR) is 108 cm³/mol. The van der Waals surface area contributed by atoms with Gasteiger partial charge in [0.05, 0.1) is 13.2 Å². The number of benzene rings is 2. The van der Waals surface area contributed by atoms with Crippen molar-refractivity contribution < 1.29 is 14.3 Å². The van der Waals surface area contributed by atoms with Crippen molar-refractivity contribution in [3.05, 3.63) is 53.6 Å². The van der Waals surface area contributed by atoms with Gasteiger partial charge in [0.2, 0.25) is 0 Å². The Kier molecular flexibility index (Phi) is 6.71. The van der Waals surface area contributed by atoms with E-state index in [2.05, 4.69) is 22.3 Å². The largest absolute Gasteiger partial charge is 0.494 e. The summed E-state index contributed by atoms with van der Waals surface area (Å²) < 4.78 is 11.1. The number of rotatable bonds is 8. The summed E-state index contributed by atoms with van der Waals surface area (Å²) >= 11 is 0. The van der Waals surface area contributed by atoms with Crippen molar-refractivity contribution in [3.8, 4) is 11.5 Å². The van der Waals surface area contributed by atoms with Gasteiger partial charge in [-0.3, -0.25) is 9.69 Å². The van der Waals surface area contributed by atoms with Crippen molar-refractivity contribution in [1.82, 2.24) is 4.90 Å². The van der Waals surface area contributed by atoms with E-state index in [4.69, 9.17) is 9.47 Å². The van der Waals surface area contributed by atoms with Gasteiger partial charge in [-0.1, -0.05) is 12.1 Å². The maximum atomic E-state index is 12.7. The molecule has 1 amide bonds. The third kappa shape index (κ3) is 5.47. The Morgan fingerprint density at radius 2 is 1.56 bits per heavy atom. The highest BCUT2D eigenvalue weighted by atomic mass is 16.5. The topological polar surface area (TPSA) is 50.8 Å². The molecule has 1 fully saturated rings. The quantitative estimate of drug-likeness (QED) is 0.753. The van der Waals surface area contributed by atoms with Crippen LogP contribution in [0, 0.1) is 0 Å². The van der Waals surface area contributed by atoms with Crippen LogP contribution in [0.2, 0.25) is 0 Å². The van der Waals surface area contributed by atoms with Gasteiger partial charge >= 0.3 is 0 Å². The number of hydrogen-bond acceptors (Lipinski definition) is 4. The summed E-state index contributed by atoms with van der Waals surface area (Å²) in [7, 11) is 0. The van der Waals surface area contributed by atoms with Gasteiger partial charge in [-0.2, -0.15) is 0 Å². The Labute approximate surface area is 161 Å². The zero-order valence-electron chi connectivity index (χ0n) is 16.2. The van der Waals surface area contributed by atoms with Crippen molar-refractivity contribution in [2.45, 2.75) is 33.2 Å². The smallest absolute Gasteiger partial charge is 0.255 e. The molecule has 0 bridgehead atoms. The molecule has 0 saturated carbocycles. The molecule has 27 heavy (non-hydrogen) atoms. The molecule has 144 valence electrons. The second-order valence-electron chi connectivity index (χ2n) is 6.69. The van der Waals surface area contributed by atoms with Crippen LogP contribution in [0.3, 0.4) is 0 Å². The number of amides is 1. The van der Waals surface area contributed by atoms with Crippen LogP contribution in [0.4, 0.5) is 5.69 Å². The van der Waals surface area contributed by atoms with Crippen molar-refractivity contribution in [1.29, 1.82) is 0 Å². The number of ether oxygens (including phenoxy) is 2. The third-order valence-electron chi connectivity index (χ3n) is 4.58. The average molecular weight is 368 g/mol. The maximum Gasteiger partial charge on any atom is 0.255 e. The molecule has 5 heteroatoms. The Hall–Kier alpha value is -2.53. The van der Waals surface area contributed by atoms with Crippen LogP contribution in [0.1, 0.15) is 42.6 Å². The monoisotopic (exact) mass is 368 g/mol. The average Bonchev–Trinajstić information content (AvgIpc) is 3.17. The van der Waals surface area contributed by atoms with Gasteiger partial charge < -0.3 is 14.8 Å². The van der Waals surface area contributed by atoms with E-state index < -0.39 is 0 Å². The molecular weight excluding hydrogens is 340 g/mol. The van der Waals surface area contributed by atoms with Gasteiger partial charge in [0, 0.05) is 23.9 Å². The molecule has 0 unspecified atom stereocenters. The number of nitrogens with one attached hydrogen (secondary N) is 1. The first kappa shape index (κ1) is 19.2. The molecule has 3 rings (SSSR count). The highest BCUT2D eigenvalue weighted by molar-refractivity contribution is 6.04. The SMILES string of the molecule is CCOc1cc(OCC)cc(C(=O)Nc2ccc(CN3CCCC3)cc2)c1. The molecule has 2 aromatic carbocycles. The zero-order valence-corrected chi connectivity index (χ0v) is 16.2. The highest BCUT2D eigenvalue weighted by Crippen LogP contribution is 2.24. The standard InChI is InChI=1S/C22H28N2O3/c1-3-26-20-13-18(14-21(15-20)27-4-2)22(25)23-19-9-7-17(8-10-19)16-24-11-5-6-12-24/h7-10,13-15H,3-6,11-12,16H2,1-2H3,(H,23,25). The van der Waals surface area contributed by atoms with Crippen LogP contribution < -0.4 is 14.8 Å². The van der Waals surface area contributed by atoms with Crippen molar-refractivity contribution >= 4 is 11.6 Å². The fourth-order valence-electron chi connectivity index (χ4n) is 3.30. The van der Waals surface area contributed by atoms with Gasteiger partial charge in [-0.15, -0.1) is 0 Å². The lowest BCUT2D eigenvalue weighted by Gasteiger charge is -2.15. The Morgan fingerprint density at radius 1 is 0.963 bits per heavy atom. The summed E-state index contributed by atoms with van der Waals surface area (Å²) in [6.07, 6.45) is 2.58. The molecule has 0 radical (unpaired) electrons. The predicted octanol–water partition coefficient (Wildman–Crippen LogP) is 4.33. The van der Waals surface area contributed by atoms with Gasteiger partial charge in [-0.05, 0) is 69.6 Å². The summed E-state index contributed by atoms with van der Waals surface area (Å²) in [5.74, 6) is 1.09. The van der Waals surface area contributed by atoms with E-state index in [1.807, 2.05) is 26.0 Å². The van der Waals surface area contributed by atoms with E-state index in [-0.39, 0.29) is 5.91 Å². The molecule has 1 saturated heterocycles. The minimum atomic E-state index is -0.176. The van der Waals surface area contributed by atoms with Gasteiger partial charge in [0.15, 0.2) is 0 Å². The van der Waals surface area contributed by atoms with Crippen LogP contribution in [0.25, 0.3) is 0 Å². The van der Waals surface area contributed by atoms with E-state index in [1.165, 1.54) is 31.5 Å². The fraction of sp³-hybridized carbons (Fsp3) is 0.409. The molecule has 0 aliphatic carbocycles. The van der Waals surface area contributed by atoms with E-state index in [0.29, 0.717) is 30.3 Å². The first-order chi connectivity index (χ1) is 13.2. The molecule has 1 N–H and O–H groups in total. The lowest BCUT2D eigenvalue weighted by Crippen LogP contribution is -2.18.